The third-order valence-electron chi connectivity index (χ3n) is 6.81. The number of amides is 3. The summed E-state index contributed by atoms with van der Waals surface area (Å²) in [5, 5.41) is 0. The first-order valence-electron chi connectivity index (χ1n) is 12.0. The minimum absolute atomic E-state index is 0.105. The molecular weight excluding hydrogens is 432 g/mol. The number of fused-ring (bicyclic) bond motifs is 1. The number of carbonyl (C=O) groups is 3. The molecule has 1 fully saturated rings. The summed E-state index contributed by atoms with van der Waals surface area (Å²) >= 11 is 0. The number of rotatable bonds is 9. The lowest BCUT2D eigenvalue weighted by molar-refractivity contribution is -0.135. The van der Waals surface area contributed by atoms with Crippen molar-refractivity contribution in [3.8, 4) is 11.5 Å². The zero-order chi connectivity index (χ0) is 24.1. The molecule has 0 aliphatic carbocycles. The molecule has 3 amide bonds. The topological polar surface area (TPSA) is 76.2 Å². The maximum Gasteiger partial charge on any atom is 0.261 e. The summed E-state index contributed by atoms with van der Waals surface area (Å²) in [7, 11) is 3.25. The van der Waals surface area contributed by atoms with Gasteiger partial charge in [-0.3, -0.25) is 19.3 Å². The zero-order valence-electron chi connectivity index (χ0n) is 19.9. The number of likely N-dealkylation sites (tertiary alicyclic amines) is 1. The lowest BCUT2D eigenvalue weighted by atomic mass is 9.95. The van der Waals surface area contributed by atoms with E-state index in [4.69, 9.17) is 9.47 Å². The van der Waals surface area contributed by atoms with E-state index in [1.165, 1.54) is 4.90 Å². The fourth-order valence-electron chi connectivity index (χ4n) is 4.97. The Labute approximate surface area is 200 Å². The Kier molecular flexibility index (Phi) is 7.50. The molecule has 180 valence electrons. The third-order valence-corrected chi connectivity index (χ3v) is 6.81. The van der Waals surface area contributed by atoms with Crippen molar-refractivity contribution in [1.82, 2.24) is 9.80 Å². The second kappa shape index (κ2) is 10.7. The molecule has 1 unspecified atom stereocenters. The monoisotopic (exact) mass is 464 g/mol. The number of methoxy groups -OCH3 is 2. The van der Waals surface area contributed by atoms with Crippen LogP contribution in [0.1, 0.15) is 64.8 Å². The van der Waals surface area contributed by atoms with E-state index in [0.717, 1.165) is 44.2 Å². The van der Waals surface area contributed by atoms with Gasteiger partial charge in [0.15, 0.2) is 11.5 Å². The van der Waals surface area contributed by atoms with E-state index in [1.807, 2.05) is 23.1 Å². The molecular formula is C27H32N2O5. The predicted octanol–water partition coefficient (Wildman–Crippen LogP) is 4.09. The van der Waals surface area contributed by atoms with Gasteiger partial charge >= 0.3 is 0 Å². The Hall–Kier alpha value is -3.35. The summed E-state index contributed by atoms with van der Waals surface area (Å²) in [5.74, 6) is 0.995. The van der Waals surface area contributed by atoms with Crippen molar-refractivity contribution in [3.63, 3.8) is 0 Å². The molecule has 0 saturated carbocycles. The predicted molar refractivity (Wildman–Crippen MR) is 128 cm³/mol. The number of carbonyl (C=O) groups excluding carboxylic acids is 3. The van der Waals surface area contributed by atoms with Crippen molar-refractivity contribution in [2.45, 2.75) is 51.0 Å². The molecule has 0 aromatic heterocycles. The molecule has 0 spiro atoms. The first kappa shape index (κ1) is 23.8. The molecule has 1 saturated heterocycles. The van der Waals surface area contributed by atoms with Crippen LogP contribution in [0.4, 0.5) is 0 Å². The van der Waals surface area contributed by atoms with Crippen LogP contribution < -0.4 is 9.47 Å². The molecule has 1 atom stereocenters. The Balaban J connectivity index is 1.31. The average molecular weight is 465 g/mol. The van der Waals surface area contributed by atoms with Crippen LogP contribution in [-0.4, -0.2) is 60.9 Å². The number of hydrogen-bond donors (Lipinski definition) is 0. The van der Waals surface area contributed by atoms with Gasteiger partial charge in [-0.05, 0) is 68.4 Å². The molecule has 0 radical (unpaired) electrons. The molecule has 2 aromatic carbocycles. The SMILES string of the molecule is COc1ccc(CCC2CCCCN2C(=O)CCCN2C(=O)c3ccccc3C2=O)cc1OC. The Morgan fingerprint density at radius 1 is 0.971 bits per heavy atom. The van der Waals surface area contributed by atoms with E-state index in [-0.39, 0.29) is 30.3 Å². The number of nitrogens with zero attached hydrogens (tertiary/aromatic N) is 2. The third kappa shape index (κ3) is 4.93. The van der Waals surface area contributed by atoms with Crippen LogP contribution in [0.25, 0.3) is 0 Å². The number of ether oxygens (including phenoxy) is 2. The highest BCUT2D eigenvalue weighted by Gasteiger charge is 2.35. The van der Waals surface area contributed by atoms with Crippen molar-refractivity contribution in [3.05, 3.63) is 59.2 Å². The van der Waals surface area contributed by atoms with Crippen LogP contribution in [0.2, 0.25) is 0 Å². The van der Waals surface area contributed by atoms with Gasteiger partial charge in [0.2, 0.25) is 5.91 Å². The minimum Gasteiger partial charge on any atom is -0.493 e. The van der Waals surface area contributed by atoms with Crippen LogP contribution in [0.5, 0.6) is 11.5 Å². The van der Waals surface area contributed by atoms with Gasteiger partial charge in [0.25, 0.3) is 11.8 Å². The van der Waals surface area contributed by atoms with E-state index in [9.17, 15) is 14.4 Å². The van der Waals surface area contributed by atoms with Crippen LogP contribution in [-0.2, 0) is 11.2 Å². The summed E-state index contributed by atoms with van der Waals surface area (Å²) in [5.41, 5.74) is 2.05. The number of hydrogen-bond acceptors (Lipinski definition) is 5. The summed E-state index contributed by atoms with van der Waals surface area (Å²) in [6.07, 6.45) is 5.68. The van der Waals surface area contributed by atoms with Gasteiger partial charge in [0, 0.05) is 25.6 Å². The highest BCUT2D eigenvalue weighted by molar-refractivity contribution is 6.21. The van der Waals surface area contributed by atoms with Crippen molar-refractivity contribution in [2.75, 3.05) is 27.3 Å². The molecule has 0 bridgehead atoms. The van der Waals surface area contributed by atoms with Gasteiger partial charge in [0.05, 0.1) is 25.3 Å². The molecule has 7 heteroatoms. The van der Waals surface area contributed by atoms with E-state index >= 15 is 0 Å². The maximum atomic E-state index is 13.1. The zero-order valence-corrected chi connectivity index (χ0v) is 19.9. The van der Waals surface area contributed by atoms with Crippen molar-refractivity contribution in [2.24, 2.45) is 0 Å². The number of piperidine rings is 1. The molecule has 2 aliphatic rings. The van der Waals surface area contributed by atoms with Crippen molar-refractivity contribution in [1.29, 1.82) is 0 Å². The van der Waals surface area contributed by atoms with Crippen LogP contribution in [0.3, 0.4) is 0 Å². The molecule has 4 rings (SSSR count). The molecule has 2 aromatic rings. The second-order valence-corrected chi connectivity index (χ2v) is 8.88. The normalized spacial score (nSPS) is 17.6. The summed E-state index contributed by atoms with van der Waals surface area (Å²) < 4.78 is 10.7. The van der Waals surface area contributed by atoms with Gasteiger partial charge in [0.1, 0.15) is 0 Å². The van der Waals surface area contributed by atoms with Crippen molar-refractivity contribution < 1.29 is 23.9 Å². The molecule has 0 N–H and O–H groups in total. The number of benzene rings is 2. The van der Waals surface area contributed by atoms with E-state index in [0.29, 0.717) is 35.5 Å². The quantitative estimate of drug-likeness (QED) is 0.523. The lowest BCUT2D eigenvalue weighted by Crippen LogP contribution is -2.44. The number of aryl methyl sites for hydroxylation is 1. The standard InChI is InChI=1S/C27H32N2O5/c1-33-23-15-13-19(18-24(23)34-2)12-14-20-8-5-6-16-28(20)25(30)11-7-17-29-26(31)21-9-3-4-10-22(21)27(29)32/h3-4,9-10,13,15,18,20H,5-8,11-12,14,16-17H2,1-2H3. The molecule has 2 aliphatic heterocycles. The molecule has 7 nitrogen and oxygen atoms in total. The largest absolute Gasteiger partial charge is 0.493 e. The number of imide groups is 1. The first-order chi connectivity index (χ1) is 16.5. The van der Waals surface area contributed by atoms with E-state index < -0.39 is 0 Å². The van der Waals surface area contributed by atoms with Gasteiger partial charge in [-0.25, -0.2) is 0 Å². The summed E-state index contributed by atoms with van der Waals surface area (Å²) in [6.45, 7) is 1.03. The smallest absolute Gasteiger partial charge is 0.261 e. The van der Waals surface area contributed by atoms with E-state index in [2.05, 4.69) is 0 Å². The maximum absolute atomic E-state index is 13.1. The Morgan fingerprint density at radius 3 is 2.35 bits per heavy atom. The Bertz CT molecular complexity index is 1030. The first-order valence-corrected chi connectivity index (χ1v) is 12.0. The van der Waals surface area contributed by atoms with Gasteiger partial charge < -0.3 is 14.4 Å². The van der Waals surface area contributed by atoms with Crippen LogP contribution in [0.15, 0.2) is 42.5 Å². The van der Waals surface area contributed by atoms with E-state index in [1.54, 1.807) is 38.5 Å². The van der Waals surface area contributed by atoms with Gasteiger partial charge in [-0.15, -0.1) is 0 Å². The lowest BCUT2D eigenvalue weighted by Gasteiger charge is -2.36. The van der Waals surface area contributed by atoms with Gasteiger partial charge in [-0.1, -0.05) is 18.2 Å². The Morgan fingerprint density at radius 2 is 1.68 bits per heavy atom. The fourth-order valence-corrected chi connectivity index (χ4v) is 4.97. The highest BCUT2D eigenvalue weighted by atomic mass is 16.5. The molecule has 34 heavy (non-hydrogen) atoms. The van der Waals surface area contributed by atoms with Crippen LogP contribution in [0, 0.1) is 0 Å². The highest BCUT2D eigenvalue weighted by Crippen LogP contribution is 2.29. The van der Waals surface area contributed by atoms with Crippen molar-refractivity contribution >= 4 is 17.7 Å². The van der Waals surface area contributed by atoms with Crippen LogP contribution >= 0.6 is 0 Å². The average Bonchev–Trinajstić information content (AvgIpc) is 3.12. The fraction of sp³-hybridized carbons (Fsp3) is 0.444. The molecule has 2 heterocycles. The summed E-state index contributed by atoms with van der Waals surface area (Å²) in [4.78, 5) is 41.4. The second-order valence-electron chi connectivity index (χ2n) is 8.88. The minimum atomic E-state index is -0.265. The van der Waals surface area contributed by atoms with Gasteiger partial charge in [-0.2, -0.15) is 0 Å². The summed E-state index contributed by atoms with van der Waals surface area (Å²) in [6, 6.07) is 13.0.